The second kappa shape index (κ2) is 12.4. The lowest BCUT2D eigenvalue weighted by Gasteiger charge is -2.03. The van der Waals surface area contributed by atoms with Crippen LogP contribution in [0.2, 0.25) is 0 Å². The Hall–Kier alpha value is -0.570. The van der Waals surface area contributed by atoms with Gasteiger partial charge in [0, 0.05) is 19.8 Å². The summed E-state index contributed by atoms with van der Waals surface area (Å²) in [6.45, 7) is 4.75. The second-order valence-corrected chi connectivity index (χ2v) is 3.45. The lowest BCUT2D eigenvalue weighted by atomic mass is 10.2. The Labute approximate surface area is 87.2 Å². The molecule has 0 heterocycles. The highest BCUT2D eigenvalue weighted by molar-refractivity contribution is 5.45. The van der Waals surface area contributed by atoms with Crippen molar-refractivity contribution in [3.63, 3.8) is 0 Å². The number of carbonyl (C=O) groups excluding carboxylic acids is 1. The minimum atomic E-state index is 0.751. The molecule has 0 saturated heterocycles. The molecule has 0 aliphatic heterocycles. The van der Waals surface area contributed by atoms with Crippen LogP contribution in [0.15, 0.2) is 0 Å². The highest BCUT2D eigenvalue weighted by atomic mass is 16.5. The Morgan fingerprint density at radius 1 is 1.07 bits per heavy atom. The normalized spacial score (nSPS) is 10.1. The third kappa shape index (κ3) is 11.4. The third-order valence-corrected chi connectivity index (χ3v) is 2.09. The van der Waals surface area contributed by atoms with Crippen molar-refractivity contribution in [2.45, 2.75) is 45.4 Å². The monoisotopic (exact) mass is 201 g/mol. The Kier molecular flexibility index (Phi) is 11.9. The molecule has 3 nitrogen and oxygen atoms in total. The summed E-state index contributed by atoms with van der Waals surface area (Å²) in [7, 11) is 0. The first-order chi connectivity index (χ1) is 6.91. The molecular weight excluding hydrogens is 178 g/mol. The molecular formula is C11H23NO2. The van der Waals surface area contributed by atoms with Crippen LogP contribution in [0.25, 0.3) is 0 Å². The Bertz CT molecular complexity index is 118. The fourth-order valence-electron chi connectivity index (χ4n) is 1.22. The van der Waals surface area contributed by atoms with E-state index < -0.39 is 0 Å². The first-order valence-electron chi connectivity index (χ1n) is 5.66. The molecule has 0 fully saturated rings. The van der Waals surface area contributed by atoms with Crippen LogP contribution in [0.4, 0.5) is 0 Å². The second-order valence-electron chi connectivity index (χ2n) is 3.45. The highest BCUT2D eigenvalue weighted by Gasteiger charge is 1.90. The van der Waals surface area contributed by atoms with Gasteiger partial charge >= 0.3 is 0 Å². The van der Waals surface area contributed by atoms with Gasteiger partial charge in [0.25, 0.3) is 0 Å². The minimum Gasteiger partial charge on any atom is -0.381 e. The third-order valence-electron chi connectivity index (χ3n) is 2.09. The molecule has 0 aliphatic carbocycles. The number of unbranched alkanes of at least 4 members (excludes halogenated alkanes) is 4. The Morgan fingerprint density at radius 2 is 1.79 bits per heavy atom. The molecule has 0 aliphatic rings. The Balaban J connectivity index is 2.81. The summed E-state index contributed by atoms with van der Waals surface area (Å²) in [6, 6.07) is 0. The summed E-state index contributed by atoms with van der Waals surface area (Å²) >= 11 is 0. The quantitative estimate of drug-likeness (QED) is 0.411. The van der Waals surface area contributed by atoms with E-state index in [9.17, 15) is 4.79 Å². The summed E-state index contributed by atoms with van der Waals surface area (Å²) in [5, 5.41) is 2.65. The number of rotatable bonds is 11. The number of hydrogen-bond acceptors (Lipinski definition) is 2. The number of ether oxygens (including phenoxy) is 1. The minimum absolute atomic E-state index is 0.751. The predicted octanol–water partition coefficient (Wildman–Crippen LogP) is 2.11. The lowest BCUT2D eigenvalue weighted by Crippen LogP contribution is -2.12. The van der Waals surface area contributed by atoms with Crippen LogP contribution < -0.4 is 5.32 Å². The van der Waals surface area contributed by atoms with Gasteiger partial charge in [0.05, 0.1) is 0 Å². The van der Waals surface area contributed by atoms with Gasteiger partial charge in [-0.15, -0.1) is 0 Å². The van der Waals surface area contributed by atoms with Gasteiger partial charge in [-0.3, -0.25) is 4.79 Å². The molecule has 0 saturated carbocycles. The average Bonchev–Trinajstić information content (AvgIpc) is 2.21. The van der Waals surface area contributed by atoms with Crippen LogP contribution in [0.5, 0.6) is 0 Å². The van der Waals surface area contributed by atoms with Crippen LogP contribution in [0, 0.1) is 0 Å². The predicted molar refractivity (Wildman–Crippen MR) is 58.3 cm³/mol. The number of nitrogens with one attached hydrogen (secondary N) is 1. The van der Waals surface area contributed by atoms with Crippen molar-refractivity contribution in [1.29, 1.82) is 0 Å². The lowest BCUT2D eigenvalue weighted by molar-refractivity contribution is -0.109. The number of amides is 1. The summed E-state index contributed by atoms with van der Waals surface area (Å²) in [5.41, 5.74) is 0. The number of carbonyl (C=O) groups is 1. The van der Waals surface area contributed by atoms with Crippen molar-refractivity contribution in [2.75, 3.05) is 19.8 Å². The first kappa shape index (κ1) is 13.4. The molecule has 0 aromatic heterocycles. The molecule has 84 valence electrons. The van der Waals surface area contributed by atoms with E-state index in [0.29, 0.717) is 0 Å². The van der Waals surface area contributed by atoms with Gasteiger partial charge in [-0.1, -0.05) is 19.8 Å². The van der Waals surface area contributed by atoms with E-state index in [1.807, 2.05) is 0 Å². The van der Waals surface area contributed by atoms with E-state index in [-0.39, 0.29) is 0 Å². The largest absolute Gasteiger partial charge is 0.381 e. The summed E-state index contributed by atoms with van der Waals surface area (Å²) in [6.07, 6.45) is 7.74. The van der Waals surface area contributed by atoms with E-state index in [1.54, 1.807) is 0 Å². The maximum Gasteiger partial charge on any atom is 0.207 e. The van der Waals surface area contributed by atoms with E-state index in [0.717, 1.165) is 45.4 Å². The van der Waals surface area contributed by atoms with Crippen molar-refractivity contribution in [2.24, 2.45) is 0 Å². The molecule has 0 bridgehead atoms. The van der Waals surface area contributed by atoms with Crippen molar-refractivity contribution < 1.29 is 9.53 Å². The zero-order chi connectivity index (χ0) is 10.5. The number of hydrogen-bond donors (Lipinski definition) is 1. The molecule has 0 spiro atoms. The van der Waals surface area contributed by atoms with E-state index in [4.69, 9.17) is 4.74 Å². The van der Waals surface area contributed by atoms with Crippen LogP contribution >= 0.6 is 0 Å². The molecule has 1 amide bonds. The molecule has 0 aromatic carbocycles. The van der Waals surface area contributed by atoms with Gasteiger partial charge in [0.1, 0.15) is 0 Å². The standard InChI is InChI=1S/C11H23NO2/c1-2-3-6-9-14-10-7-4-5-8-12-11-13/h11H,2-10H2,1H3,(H,12,13). The van der Waals surface area contributed by atoms with Crippen LogP contribution in [0.3, 0.4) is 0 Å². The van der Waals surface area contributed by atoms with E-state index in [1.165, 1.54) is 19.3 Å². The molecule has 1 N–H and O–H groups in total. The maximum atomic E-state index is 9.90. The molecule has 0 rings (SSSR count). The van der Waals surface area contributed by atoms with Gasteiger partial charge in [0.15, 0.2) is 0 Å². The zero-order valence-corrected chi connectivity index (χ0v) is 9.26. The smallest absolute Gasteiger partial charge is 0.207 e. The Morgan fingerprint density at radius 3 is 2.43 bits per heavy atom. The SMILES string of the molecule is CCCCCOCCCCCNC=O. The van der Waals surface area contributed by atoms with Gasteiger partial charge in [-0.2, -0.15) is 0 Å². The fourth-order valence-corrected chi connectivity index (χ4v) is 1.22. The molecule has 3 heteroatoms. The molecule has 0 aromatic rings. The molecule has 0 unspecified atom stereocenters. The molecule has 0 atom stereocenters. The van der Waals surface area contributed by atoms with E-state index in [2.05, 4.69) is 12.2 Å². The van der Waals surface area contributed by atoms with Crippen LogP contribution in [-0.2, 0) is 9.53 Å². The van der Waals surface area contributed by atoms with Crippen molar-refractivity contribution in [3.8, 4) is 0 Å². The fraction of sp³-hybridized carbons (Fsp3) is 0.909. The van der Waals surface area contributed by atoms with Crippen LogP contribution in [-0.4, -0.2) is 26.2 Å². The summed E-state index contributed by atoms with van der Waals surface area (Å²) < 4.78 is 5.45. The van der Waals surface area contributed by atoms with E-state index >= 15 is 0 Å². The first-order valence-corrected chi connectivity index (χ1v) is 5.66. The zero-order valence-electron chi connectivity index (χ0n) is 9.26. The van der Waals surface area contributed by atoms with Crippen molar-refractivity contribution in [3.05, 3.63) is 0 Å². The summed E-state index contributed by atoms with van der Waals surface area (Å²) in [4.78, 5) is 9.90. The van der Waals surface area contributed by atoms with Gasteiger partial charge in [0.2, 0.25) is 6.41 Å². The van der Waals surface area contributed by atoms with Gasteiger partial charge < -0.3 is 10.1 Å². The van der Waals surface area contributed by atoms with Crippen LogP contribution in [0.1, 0.15) is 45.4 Å². The van der Waals surface area contributed by atoms with Gasteiger partial charge in [-0.25, -0.2) is 0 Å². The average molecular weight is 201 g/mol. The van der Waals surface area contributed by atoms with Crippen molar-refractivity contribution >= 4 is 6.41 Å². The topological polar surface area (TPSA) is 38.3 Å². The summed E-state index contributed by atoms with van der Waals surface area (Å²) in [5.74, 6) is 0. The highest BCUT2D eigenvalue weighted by Crippen LogP contribution is 1.97. The van der Waals surface area contributed by atoms with Crippen molar-refractivity contribution in [1.82, 2.24) is 5.32 Å². The molecule has 14 heavy (non-hydrogen) atoms. The maximum absolute atomic E-state index is 9.90. The molecule has 0 radical (unpaired) electrons. The van der Waals surface area contributed by atoms with Gasteiger partial charge in [-0.05, 0) is 25.7 Å².